The highest BCUT2D eigenvalue weighted by Gasteiger charge is 2.35. The molecule has 6 nitrogen and oxygen atoms in total. The summed E-state index contributed by atoms with van der Waals surface area (Å²) in [6.07, 6.45) is -0.386. The quantitative estimate of drug-likeness (QED) is 0.637. The van der Waals surface area contributed by atoms with Gasteiger partial charge in [-0.15, -0.1) is 0 Å². The molecule has 9 heteroatoms. The average molecular weight is 417 g/mol. The van der Waals surface area contributed by atoms with Crippen molar-refractivity contribution in [2.75, 3.05) is 13.1 Å². The Morgan fingerprint density at radius 1 is 1.13 bits per heavy atom. The molecule has 0 spiro atoms. The molecule has 1 aliphatic heterocycles. The SMILES string of the molecule is CCn1ncc(C(=O)N2CCC(n3ccc(C(F)(F)F)n3)CC2)c1-c1ccccc1. The van der Waals surface area contributed by atoms with Gasteiger partial charge in [-0.2, -0.15) is 23.4 Å². The summed E-state index contributed by atoms with van der Waals surface area (Å²) >= 11 is 0. The van der Waals surface area contributed by atoms with Crippen molar-refractivity contribution in [3.05, 3.63) is 60.0 Å². The fourth-order valence-corrected chi connectivity index (χ4v) is 3.88. The molecular weight excluding hydrogens is 395 g/mol. The van der Waals surface area contributed by atoms with Crippen molar-refractivity contribution in [1.82, 2.24) is 24.5 Å². The molecular formula is C21H22F3N5O. The Labute approximate surface area is 171 Å². The first-order valence-corrected chi connectivity index (χ1v) is 9.91. The van der Waals surface area contributed by atoms with E-state index >= 15 is 0 Å². The highest BCUT2D eigenvalue weighted by molar-refractivity contribution is 6.00. The van der Waals surface area contributed by atoms with Crippen molar-refractivity contribution in [1.29, 1.82) is 0 Å². The minimum Gasteiger partial charge on any atom is -0.338 e. The molecule has 3 heterocycles. The van der Waals surface area contributed by atoms with E-state index in [9.17, 15) is 18.0 Å². The van der Waals surface area contributed by atoms with Gasteiger partial charge in [0, 0.05) is 31.4 Å². The molecule has 1 aliphatic rings. The molecule has 30 heavy (non-hydrogen) atoms. The lowest BCUT2D eigenvalue weighted by Gasteiger charge is -2.32. The Kier molecular flexibility index (Phi) is 5.36. The number of halogens is 3. The second-order valence-corrected chi connectivity index (χ2v) is 7.29. The third-order valence-electron chi connectivity index (χ3n) is 5.44. The van der Waals surface area contributed by atoms with Gasteiger partial charge in [0.1, 0.15) is 0 Å². The second-order valence-electron chi connectivity index (χ2n) is 7.29. The van der Waals surface area contributed by atoms with E-state index in [0.717, 1.165) is 17.3 Å². The van der Waals surface area contributed by atoms with Crippen LogP contribution in [0, 0.1) is 0 Å². The number of likely N-dealkylation sites (tertiary alicyclic amines) is 1. The standard InChI is InChI=1S/C21H22F3N5O/c1-2-28-19(15-6-4-3-5-7-15)17(14-25-28)20(30)27-11-8-16(9-12-27)29-13-10-18(26-29)21(22,23)24/h3-7,10,13-14,16H,2,8-9,11-12H2,1H3. The summed E-state index contributed by atoms with van der Waals surface area (Å²) in [5, 5.41) is 8.04. The third-order valence-corrected chi connectivity index (χ3v) is 5.44. The smallest absolute Gasteiger partial charge is 0.338 e. The number of hydrogen-bond donors (Lipinski definition) is 0. The molecule has 0 N–H and O–H groups in total. The number of nitrogens with zero attached hydrogens (tertiary/aromatic N) is 5. The Morgan fingerprint density at radius 3 is 2.43 bits per heavy atom. The van der Waals surface area contributed by atoms with Gasteiger partial charge in [-0.05, 0) is 25.8 Å². The molecule has 1 saturated heterocycles. The van der Waals surface area contributed by atoms with Crippen molar-refractivity contribution in [3.63, 3.8) is 0 Å². The van der Waals surface area contributed by atoms with Crippen LogP contribution in [0.25, 0.3) is 11.3 Å². The number of rotatable bonds is 4. The molecule has 0 radical (unpaired) electrons. The van der Waals surface area contributed by atoms with Crippen LogP contribution in [-0.2, 0) is 12.7 Å². The highest BCUT2D eigenvalue weighted by Crippen LogP contribution is 2.31. The van der Waals surface area contributed by atoms with Crippen LogP contribution in [0.5, 0.6) is 0 Å². The average Bonchev–Trinajstić information content (AvgIpc) is 3.41. The second kappa shape index (κ2) is 7.97. The minimum absolute atomic E-state index is 0.108. The van der Waals surface area contributed by atoms with E-state index in [-0.39, 0.29) is 11.9 Å². The molecule has 3 aromatic rings. The lowest BCUT2D eigenvalue weighted by molar-refractivity contribution is -0.141. The van der Waals surface area contributed by atoms with Gasteiger partial charge in [-0.3, -0.25) is 14.2 Å². The molecule has 1 amide bonds. The zero-order valence-corrected chi connectivity index (χ0v) is 16.5. The van der Waals surface area contributed by atoms with Gasteiger partial charge in [0.2, 0.25) is 0 Å². The largest absolute Gasteiger partial charge is 0.435 e. The van der Waals surface area contributed by atoms with Gasteiger partial charge in [-0.25, -0.2) is 0 Å². The Bertz CT molecular complexity index is 1020. The van der Waals surface area contributed by atoms with E-state index in [2.05, 4.69) is 10.2 Å². The predicted molar refractivity (Wildman–Crippen MR) is 105 cm³/mol. The number of aryl methyl sites for hydroxylation is 1. The fraction of sp³-hybridized carbons (Fsp3) is 0.381. The van der Waals surface area contributed by atoms with E-state index in [1.807, 2.05) is 37.3 Å². The van der Waals surface area contributed by atoms with Crippen molar-refractivity contribution >= 4 is 5.91 Å². The highest BCUT2D eigenvalue weighted by atomic mass is 19.4. The number of amides is 1. The Balaban J connectivity index is 1.49. The maximum absolute atomic E-state index is 13.2. The zero-order valence-electron chi connectivity index (χ0n) is 16.5. The molecule has 0 aliphatic carbocycles. The van der Waals surface area contributed by atoms with Gasteiger partial charge >= 0.3 is 6.18 Å². The van der Waals surface area contributed by atoms with Crippen LogP contribution in [-0.4, -0.2) is 43.5 Å². The van der Waals surface area contributed by atoms with E-state index in [0.29, 0.717) is 38.0 Å². The first kappa shape index (κ1) is 20.2. The van der Waals surface area contributed by atoms with E-state index in [4.69, 9.17) is 0 Å². The number of aromatic nitrogens is 4. The van der Waals surface area contributed by atoms with Gasteiger partial charge in [-0.1, -0.05) is 30.3 Å². The number of hydrogen-bond acceptors (Lipinski definition) is 3. The maximum Gasteiger partial charge on any atom is 0.435 e. The van der Waals surface area contributed by atoms with Crippen LogP contribution in [0.4, 0.5) is 13.2 Å². The summed E-state index contributed by atoms with van der Waals surface area (Å²) in [5.41, 5.74) is 1.36. The number of piperidine rings is 1. The normalized spacial score (nSPS) is 15.5. The van der Waals surface area contributed by atoms with E-state index in [1.54, 1.807) is 15.8 Å². The predicted octanol–water partition coefficient (Wildman–Crippen LogP) is 4.26. The molecule has 4 rings (SSSR count). The first-order valence-electron chi connectivity index (χ1n) is 9.91. The molecule has 2 aromatic heterocycles. The van der Waals surface area contributed by atoms with Gasteiger partial charge < -0.3 is 4.90 Å². The summed E-state index contributed by atoms with van der Waals surface area (Å²) < 4.78 is 41.6. The number of alkyl halides is 3. The maximum atomic E-state index is 13.2. The summed E-state index contributed by atoms with van der Waals surface area (Å²) in [5.74, 6) is -0.108. The topological polar surface area (TPSA) is 56.0 Å². The summed E-state index contributed by atoms with van der Waals surface area (Å²) in [4.78, 5) is 14.9. The molecule has 0 bridgehead atoms. The van der Waals surface area contributed by atoms with Gasteiger partial charge in [0.15, 0.2) is 5.69 Å². The number of carbonyl (C=O) groups is 1. The molecule has 158 valence electrons. The molecule has 0 atom stereocenters. The summed E-state index contributed by atoms with van der Waals surface area (Å²) in [6.45, 7) is 3.52. The summed E-state index contributed by atoms with van der Waals surface area (Å²) in [7, 11) is 0. The minimum atomic E-state index is -4.45. The van der Waals surface area contributed by atoms with Crippen LogP contribution in [0.2, 0.25) is 0 Å². The van der Waals surface area contributed by atoms with E-state index < -0.39 is 11.9 Å². The van der Waals surface area contributed by atoms with Crippen molar-refractivity contribution < 1.29 is 18.0 Å². The molecule has 1 fully saturated rings. The Morgan fingerprint density at radius 2 is 1.83 bits per heavy atom. The molecule has 0 saturated carbocycles. The van der Waals surface area contributed by atoms with Crippen molar-refractivity contribution in [2.24, 2.45) is 0 Å². The van der Waals surface area contributed by atoms with Crippen LogP contribution in [0.1, 0.15) is 41.9 Å². The third kappa shape index (κ3) is 3.83. The number of benzene rings is 1. The van der Waals surface area contributed by atoms with Crippen LogP contribution in [0.15, 0.2) is 48.8 Å². The van der Waals surface area contributed by atoms with Crippen LogP contribution in [0.3, 0.4) is 0 Å². The fourth-order valence-electron chi connectivity index (χ4n) is 3.88. The van der Waals surface area contributed by atoms with Crippen molar-refractivity contribution in [2.45, 2.75) is 38.5 Å². The van der Waals surface area contributed by atoms with E-state index in [1.165, 1.54) is 10.9 Å². The molecule has 0 unspecified atom stereocenters. The van der Waals surface area contributed by atoms with Crippen LogP contribution < -0.4 is 0 Å². The van der Waals surface area contributed by atoms with Crippen LogP contribution >= 0.6 is 0 Å². The lowest BCUT2D eigenvalue weighted by Crippen LogP contribution is -2.39. The van der Waals surface area contributed by atoms with Gasteiger partial charge in [0.25, 0.3) is 5.91 Å². The van der Waals surface area contributed by atoms with Gasteiger partial charge in [0.05, 0.1) is 23.5 Å². The number of carbonyl (C=O) groups excluding carboxylic acids is 1. The van der Waals surface area contributed by atoms with Crippen molar-refractivity contribution in [3.8, 4) is 11.3 Å². The lowest BCUT2D eigenvalue weighted by atomic mass is 10.0. The molecule has 1 aromatic carbocycles. The summed E-state index contributed by atoms with van der Waals surface area (Å²) in [6, 6.07) is 10.5. The first-order chi connectivity index (χ1) is 14.4. The monoisotopic (exact) mass is 417 g/mol. The zero-order chi connectivity index (χ0) is 21.3. The Hall–Kier alpha value is -3.10.